The van der Waals surface area contributed by atoms with E-state index < -0.39 is 5.54 Å². The van der Waals surface area contributed by atoms with Crippen molar-refractivity contribution in [2.24, 2.45) is 0 Å². The summed E-state index contributed by atoms with van der Waals surface area (Å²) in [5.74, 6) is -0.289. The van der Waals surface area contributed by atoms with E-state index in [-0.39, 0.29) is 11.9 Å². The van der Waals surface area contributed by atoms with Crippen LogP contribution in [0.15, 0.2) is 18.2 Å². The van der Waals surface area contributed by atoms with E-state index in [0.29, 0.717) is 18.5 Å². The first-order valence-electron chi connectivity index (χ1n) is 5.56. The third kappa shape index (κ3) is 2.40. The molecule has 0 aliphatic heterocycles. The predicted molar refractivity (Wildman–Crippen MR) is 63.1 cm³/mol. The quantitative estimate of drug-likeness (QED) is 0.874. The van der Waals surface area contributed by atoms with Crippen LogP contribution in [0.1, 0.15) is 18.4 Å². The zero-order chi connectivity index (χ0) is 12.5. The van der Waals surface area contributed by atoms with Crippen LogP contribution >= 0.6 is 0 Å². The standard InChI is InChI=1S/C13H15FN2O/c1-9-3-10(14)5-11(4-9)16-13(8-15)6-12(7-13)17-2/h3-5,12,16H,6-7H2,1-2H3. The molecule has 0 aromatic heterocycles. The van der Waals surface area contributed by atoms with E-state index in [1.807, 2.05) is 13.0 Å². The molecule has 1 N–H and O–H groups in total. The number of rotatable bonds is 3. The Morgan fingerprint density at radius 1 is 1.47 bits per heavy atom. The first-order chi connectivity index (χ1) is 8.07. The van der Waals surface area contributed by atoms with E-state index in [2.05, 4.69) is 11.4 Å². The van der Waals surface area contributed by atoms with Gasteiger partial charge in [0.25, 0.3) is 0 Å². The number of nitriles is 1. The van der Waals surface area contributed by atoms with E-state index in [1.54, 1.807) is 7.11 Å². The molecule has 0 radical (unpaired) electrons. The molecule has 90 valence electrons. The number of anilines is 1. The maximum atomic E-state index is 13.2. The summed E-state index contributed by atoms with van der Waals surface area (Å²) in [4.78, 5) is 0. The predicted octanol–water partition coefficient (Wildman–Crippen LogP) is 2.62. The third-order valence-corrected chi connectivity index (χ3v) is 3.13. The highest BCUT2D eigenvalue weighted by molar-refractivity contribution is 5.51. The Morgan fingerprint density at radius 3 is 2.71 bits per heavy atom. The van der Waals surface area contributed by atoms with Crippen LogP contribution < -0.4 is 5.32 Å². The molecule has 1 aromatic carbocycles. The molecule has 1 aliphatic carbocycles. The van der Waals surface area contributed by atoms with E-state index in [4.69, 9.17) is 4.74 Å². The van der Waals surface area contributed by atoms with Crippen molar-refractivity contribution in [3.05, 3.63) is 29.6 Å². The largest absolute Gasteiger partial charge is 0.381 e. The molecule has 1 saturated carbocycles. The molecule has 0 amide bonds. The maximum Gasteiger partial charge on any atom is 0.130 e. The zero-order valence-corrected chi connectivity index (χ0v) is 9.96. The third-order valence-electron chi connectivity index (χ3n) is 3.13. The summed E-state index contributed by atoms with van der Waals surface area (Å²) in [5, 5.41) is 12.3. The van der Waals surface area contributed by atoms with Crippen molar-refractivity contribution in [1.29, 1.82) is 5.26 Å². The summed E-state index contributed by atoms with van der Waals surface area (Å²) in [7, 11) is 1.64. The first kappa shape index (κ1) is 11.9. The van der Waals surface area contributed by atoms with Crippen LogP contribution in [-0.4, -0.2) is 18.8 Å². The fourth-order valence-electron chi connectivity index (χ4n) is 2.19. The van der Waals surface area contributed by atoms with E-state index >= 15 is 0 Å². The highest BCUT2D eigenvalue weighted by Crippen LogP contribution is 2.37. The summed E-state index contributed by atoms with van der Waals surface area (Å²) in [5.41, 5.74) is 0.878. The van der Waals surface area contributed by atoms with Crippen LogP contribution in [0, 0.1) is 24.1 Å². The van der Waals surface area contributed by atoms with Crippen molar-refractivity contribution in [1.82, 2.24) is 0 Å². The normalized spacial score (nSPS) is 27.1. The van der Waals surface area contributed by atoms with Crippen molar-refractivity contribution in [2.75, 3.05) is 12.4 Å². The highest BCUT2D eigenvalue weighted by Gasteiger charge is 2.45. The molecule has 1 aliphatic rings. The molecule has 1 fully saturated rings. The van der Waals surface area contributed by atoms with Crippen LogP contribution in [0.25, 0.3) is 0 Å². The molecule has 0 heterocycles. The number of hydrogen-bond donors (Lipinski definition) is 1. The molecule has 0 unspecified atom stereocenters. The lowest BCUT2D eigenvalue weighted by Crippen LogP contribution is -2.52. The fraction of sp³-hybridized carbons (Fsp3) is 0.462. The Labute approximate surface area is 100 Å². The Hall–Kier alpha value is -1.60. The molecule has 0 atom stereocenters. The second-order valence-electron chi connectivity index (χ2n) is 4.60. The average molecular weight is 234 g/mol. The van der Waals surface area contributed by atoms with Gasteiger partial charge in [0, 0.05) is 25.6 Å². The molecule has 17 heavy (non-hydrogen) atoms. The summed E-state index contributed by atoms with van der Waals surface area (Å²) in [6.45, 7) is 1.83. The monoisotopic (exact) mass is 234 g/mol. The smallest absolute Gasteiger partial charge is 0.130 e. The van der Waals surface area contributed by atoms with E-state index in [1.165, 1.54) is 12.1 Å². The van der Waals surface area contributed by atoms with Crippen LogP contribution in [0.3, 0.4) is 0 Å². The molecular formula is C13H15FN2O. The van der Waals surface area contributed by atoms with E-state index in [9.17, 15) is 9.65 Å². The van der Waals surface area contributed by atoms with Gasteiger partial charge in [-0.15, -0.1) is 0 Å². The van der Waals surface area contributed by atoms with Gasteiger partial charge in [-0.3, -0.25) is 0 Å². The number of ether oxygens (including phenoxy) is 1. The number of nitrogens with zero attached hydrogens (tertiary/aromatic N) is 1. The van der Waals surface area contributed by atoms with Crippen molar-refractivity contribution in [3.8, 4) is 6.07 Å². The van der Waals surface area contributed by atoms with Gasteiger partial charge in [0.1, 0.15) is 11.4 Å². The number of hydrogen-bond acceptors (Lipinski definition) is 3. The SMILES string of the molecule is COC1CC(C#N)(Nc2cc(C)cc(F)c2)C1. The Morgan fingerprint density at radius 2 is 2.18 bits per heavy atom. The van der Waals surface area contributed by atoms with E-state index in [0.717, 1.165) is 5.56 Å². The van der Waals surface area contributed by atoms with Crippen LogP contribution in [-0.2, 0) is 4.74 Å². The first-order valence-corrected chi connectivity index (χ1v) is 5.56. The number of methoxy groups -OCH3 is 1. The Balaban J connectivity index is 2.13. The molecule has 3 nitrogen and oxygen atoms in total. The van der Waals surface area contributed by atoms with Gasteiger partial charge in [0.05, 0.1) is 12.2 Å². The minimum atomic E-state index is -0.610. The summed E-state index contributed by atoms with van der Waals surface area (Å²) in [6, 6.07) is 6.96. The Bertz CT molecular complexity index is 441. The van der Waals surface area contributed by atoms with Crippen molar-refractivity contribution in [2.45, 2.75) is 31.4 Å². The topological polar surface area (TPSA) is 45.0 Å². The van der Waals surface area contributed by atoms with Gasteiger partial charge in [0.15, 0.2) is 0 Å². The molecule has 2 rings (SSSR count). The minimum absolute atomic E-state index is 0.122. The van der Waals surface area contributed by atoms with Gasteiger partial charge in [-0.1, -0.05) is 0 Å². The van der Waals surface area contributed by atoms with Gasteiger partial charge >= 0.3 is 0 Å². The van der Waals surface area contributed by atoms with Crippen molar-refractivity contribution < 1.29 is 9.13 Å². The summed E-state index contributed by atoms with van der Waals surface area (Å²) >= 11 is 0. The number of nitrogens with one attached hydrogen (secondary N) is 1. The average Bonchev–Trinajstić information content (AvgIpc) is 2.21. The number of halogens is 1. The Kier molecular flexibility index (Phi) is 3.03. The van der Waals surface area contributed by atoms with Crippen LogP contribution in [0.2, 0.25) is 0 Å². The molecule has 0 bridgehead atoms. The van der Waals surface area contributed by atoms with Crippen molar-refractivity contribution in [3.63, 3.8) is 0 Å². The van der Waals surface area contributed by atoms with Gasteiger partial charge in [0.2, 0.25) is 0 Å². The van der Waals surface area contributed by atoms with Crippen molar-refractivity contribution >= 4 is 5.69 Å². The summed E-state index contributed by atoms with van der Waals surface area (Å²) in [6.07, 6.45) is 1.39. The van der Waals surface area contributed by atoms with Crippen LogP contribution in [0.4, 0.5) is 10.1 Å². The molecule has 1 aromatic rings. The lowest BCUT2D eigenvalue weighted by molar-refractivity contribution is 0.0129. The molecule has 0 saturated heterocycles. The zero-order valence-electron chi connectivity index (χ0n) is 9.96. The number of benzene rings is 1. The number of aryl methyl sites for hydroxylation is 1. The minimum Gasteiger partial charge on any atom is -0.381 e. The molecular weight excluding hydrogens is 219 g/mol. The lowest BCUT2D eigenvalue weighted by atomic mass is 9.75. The maximum absolute atomic E-state index is 13.2. The fourth-order valence-corrected chi connectivity index (χ4v) is 2.19. The molecule has 4 heteroatoms. The van der Waals surface area contributed by atoms with Gasteiger partial charge in [-0.2, -0.15) is 5.26 Å². The van der Waals surface area contributed by atoms with Gasteiger partial charge < -0.3 is 10.1 Å². The molecule has 0 spiro atoms. The van der Waals surface area contributed by atoms with Gasteiger partial charge in [-0.05, 0) is 30.7 Å². The second kappa shape index (κ2) is 4.34. The van der Waals surface area contributed by atoms with Gasteiger partial charge in [-0.25, -0.2) is 4.39 Å². The highest BCUT2D eigenvalue weighted by atomic mass is 19.1. The lowest BCUT2D eigenvalue weighted by Gasteiger charge is -2.42. The van der Waals surface area contributed by atoms with Crippen LogP contribution in [0.5, 0.6) is 0 Å². The second-order valence-corrected chi connectivity index (χ2v) is 4.60. The summed E-state index contributed by atoms with van der Waals surface area (Å²) < 4.78 is 18.4.